The van der Waals surface area contributed by atoms with Gasteiger partial charge in [0.25, 0.3) is 0 Å². The number of nitrogens with zero attached hydrogens (tertiary/aromatic N) is 3. The highest BCUT2D eigenvalue weighted by Gasteiger charge is 2.24. The van der Waals surface area contributed by atoms with Crippen molar-refractivity contribution in [3.63, 3.8) is 0 Å². The number of hydrogen-bond donors (Lipinski definition) is 0. The zero-order valence-corrected chi connectivity index (χ0v) is 16.7. The lowest BCUT2D eigenvalue weighted by Crippen LogP contribution is -2.38. The van der Waals surface area contributed by atoms with Crippen LogP contribution in [0.25, 0.3) is 11.3 Å². The molecule has 2 aromatic heterocycles. The van der Waals surface area contributed by atoms with Gasteiger partial charge in [0.15, 0.2) is 0 Å². The number of likely N-dealkylation sites (tertiary alicyclic amines) is 1. The summed E-state index contributed by atoms with van der Waals surface area (Å²) in [6.07, 6.45) is 3.99. The molecule has 0 radical (unpaired) electrons. The van der Waals surface area contributed by atoms with Crippen molar-refractivity contribution in [1.29, 1.82) is 0 Å². The molecule has 4 rings (SSSR count). The SMILES string of the molecule is Cc1noc(C)c1-c1cc(C2CCN(C(=O)Cc3ccc(F)cc3)CC2)ccn1. The number of aromatic nitrogens is 2. The number of benzene rings is 1. The maximum Gasteiger partial charge on any atom is 0.226 e. The van der Waals surface area contributed by atoms with Crippen LogP contribution in [-0.2, 0) is 11.2 Å². The second kappa shape index (κ2) is 8.15. The van der Waals surface area contributed by atoms with E-state index >= 15 is 0 Å². The van der Waals surface area contributed by atoms with Crippen molar-refractivity contribution in [3.8, 4) is 11.3 Å². The van der Waals surface area contributed by atoms with Crippen LogP contribution in [-0.4, -0.2) is 34.0 Å². The molecule has 0 unspecified atom stereocenters. The van der Waals surface area contributed by atoms with Gasteiger partial charge in [0.1, 0.15) is 11.6 Å². The first-order valence-electron chi connectivity index (χ1n) is 9.92. The Labute approximate surface area is 169 Å². The summed E-state index contributed by atoms with van der Waals surface area (Å²) in [6.45, 7) is 5.28. The summed E-state index contributed by atoms with van der Waals surface area (Å²) in [7, 11) is 0. The van der Waals surface area contributed by atoms with E-state index in [2.05, 4.69) is 22.3 Å². The number of aryl methyl sites for hydroxylation is 2. The molecular weight excluding hydrogens is 369 g/mol. The van der Waals surface area contributed by atoms with Crippen LogP contribution in [0.2, 0.25) is 0 Å². The Bertz CT molecular complexity index is 986. The molecule has 1 aliphatic heterocycles. The quantitative estimate of drug-likeness (QED) is 0.657. The van der Waals surface area contributed by atoms with Crippen LogP contribution < -0.4 is 0 Å². The maximum absolute atomic E-state index is 13.0. The van der Waals surface area contributed by atoms with E-state index in [-0.39, 0.29) is 11.7 Å². The van der Waals surface area contributed by atoms with Crippen LogP contribution in [0.3, 0.4) is 0 Å². The van der Waals surface area contributed by atoms with Crippen LogP contribution in [0.4, 0.5) is 4.39 Å². The third-order valence-corrected chi connectivity index (χ3v) is 5.66. The molecule has 1 saturated heterocycles. The molecule has 29 heavy (non-hydrogen) atoms. The zero-order chi connectivity index (χ0) is 20.4. The first-order chi connectivity index (χ1) is 14.0. The summed E-state index contributed by atoms with van der Waals surface area (Å²) in [5.74, 6) is 0.983. The highest BCUT2D eigenvalue weighted by Crippen LogP contribution is 2.32. The highest BCUT2D eigenvalue weighted by atomic mass is 19.1. The number of piperidine rings is 1. The highest BCUT2D eigenvalue weighted by molar-refractivity contribution is 5.78. The minimum atomic E-state index is -0.282. The summed E-state index contributed by atoms with van der Waals surface area (Å²) >= 11 is 0. The fourth-order valence-corrected chi connectivity index (χ4v) is 4.04. The summed E-state index contributed by atoms with van der Waals surface area (Å²) in [5, 5.41) is 4.02. The first kappa shape index (κ1) is 19.3. The minimum absolute atomic E-state index is 0.0983. The van der Waals surface area contributed by atoms with E-state index in [1.165, 1.54) is 17.7 Å². The number of pyridine rings is 1. The van der Waals surface area contributed by atoms with Gasteiger partial charge >= 0.3 is 0 Å². The lowest BCUT2D eigenvalue weighted by molar-refractivity contribution is -0.131. The Hall–Kier alpha value is -3.02. The monoisotopic (exact) mass is 393 g/mol. The smallest absolute Gasteiger partial charge is 0.226 e. The number of carbonyl (C=O) groups is 1. The Morgan fingerprint density at radius 1 is 1.17 bits per heavy atom. The first-order valence-corrected chi connectivity index (χ1v) is 9.92. The lowest BCUT2D eigenvalue weighted by atomic mass is 9.89. The van der Waals surface area contributed by atoms with Crippen molar-refractivity contribution in [1.82, 2.24) is 15.0 Å². The summed E-state index contributed by atoms with van der Waals surface area (Å²) in [4.78, 5) is 19.0. The van der Waals surface area contributed by atoms with Gasteiger partial charge in [-0.2, -0.15) is 0 Å². The van der Waals surface area contributed by atoms with Gasteiger partial charge in [-0.1, -0.05) is 17.3 Å². The molecule has 0 bridgehead atoms. The van der Waals surface area contributed by atoms with E-state index in [1.807, 2.05) is 24.9 Å². The Kier molecular flexibility index (Phi) is 5.43. The molecule has 150 valence electrons. The number of amides is 1. The predicted molar refractivity (Wildman–Crippen MR) is 108 cm³/mol. The van der Waals surface area contributed by atoms with Crippen molar-refractivity contribution < 1.29 is 13.7 Å². The van der Waals surface area contributed by atoms with E-state index in [0.717, 1.165) is 54.2 Å². The molecule has 0 N–H and O–H groups in total. The number of carbonyl (C=O) groups excluding carboxylic acids is 1. The fraction of sp³-hybridized carbons (Fsp3) is 0.348. The molecule has 0 atom stereocenters. The molecule has 0 saturated carbocycles. The minimum Gasteiger partial charge on any atom is -0.361 e. The molecule has 3 heterocycles. The summed E-state index contributed by atoms with van der Waals surface area (Å²) in [6, 6.07) is 10.3. The summed E-state index contributed by atoms with van der Waals surface area (Å²) < 4.78 is 18.3. The van der Waals surface area contributed by atoms with Crippen LogP contribution in [0.5, 0.6) is 0 Å². The van der Waals surface area contributed by atoms with Gasteiger partial charge in [0.2, 0.25) is 5.91 Å². The third kappa shape index (κ3) is 4.21. The average molecular weight is 393 g/mol. The number of halogens is 1. The molecule has 1 aromatic carbocycles. The van der Waals surface area contributed by atoms with Crippen molar-refractivity contribution in [2.24, 2.45) is 0 Å². The molecule has 1 amide bonds. The number of hydrogen-bond acceptors (Lipinski definition) is 4. The van der Waals surface area contributed by atoms with Crippen molar-refractivity contribution in [2.75, 3.05) is 13.1 Å². The van der Waals surface area contributed by atoms with E-state index in [1.54, 1.807) is 12.1 Å². The second-order valence-corrected chi connectivity index (χ2v) is 7.63. The van der Waals surface area contributed by atoms with Crippen LogP contribution in [0.1, 0.15) is 41.3 Å². The zero-order valence-electron chi connectivity index (χ0n) is 16.7. The van der Waals surface area contributed by atoms with E-state index in [0.29, 0.717) is 12.3 Å². The maximum atomic E-state index is 13.0. The van der Waals surface area contributed by atoms with Crippen molar-refractivity contribution in [3.05, 3.63) is 71.0 Å². The molecule has 6 heteroatoms. The molecule has 0 spiro atoms. The molecule has 1 aliphatic rings. The van der Waals surface area contributed by atoms with Gasteiger partial charge in [-0.25, -0.2) is 4.39 Å². The topological polar surface area (TPSA) is 59.2 Å². The van der Waals surface area contributed by atoms with Crippen LogP contribution in [0, 0.1) is 19.7 Å². The molecule has 5 nitrogen and oxygen atoms in total. The normalized spacial score (nSPS) is 14.9. The van der Waals surface area contributed by atoms with E-state index in [9.17, 15) is 9.18 Å². The van der Waals surface area contributed by atoms with E-state index < -0.39 is 0 Å². The molecule has 1 fully saturated rings. The van der Waals surface area contributed by atoms with Crippen molar-refractivity contribution in [2.45, 2.75) is 39.0 Å². The predicted octanol–water partition coefficient (Wildman–Crippen LogP) is 4.44. The molecule has 0 aliphatic carbocycles. The van der Waals surface area contributed by atoms with Gasteiger partial charge < -0.3 is 9.42 Å². The third-order valence-electron chi connectivity index (χ3n) is 5.66. The van der Waals surface area contributed by atoms with Gasteiger partial charge in [-0.05, 0) is 68.0 Å². The number of rotatable bonds is 4. The van der Waals surface area contributed by atoms with Gasteiger partial charge in [0.05, 0.1) is 23.4 Å². The standard InChI is InChI=1S/C23H24FN3O2/c1-15-23(16(2)29-26-15)21-14-19(7-10-25-21)18-8-11-27(12-9-18)22(28)13-17-3-5-20(24)6-4-17/h3-7,10,14,18H,8-9,11-13H2,1-2H3. The lowest BCUT2D eigenvalue weighted by Gasteiger charge is -2.32. The Balaban J connectivity index is 1.40. The second-order valence-electron chi connectivity index (χ2n) is 7.63. The Morgan fingerprint density at radius 2 is 1.90 bits per heavy atom. The van der Waals surface area contributed by atoms with Crippen LogP contribution in [0.15, 0.2) is 47.1 Å². The van der Waals surface area contributed by atoms with Crippen LogP contribution >= 0.6 is 0 Å². The van der Waals surface area contributed by atoms with E-state index in [4.69, 9.17) is 4.52 Å². The fourth-order valence-electron chi connectivity index (χ4n) is 4.04. The van der Waals surface area contributed by atoms with Gasteiger partial charge in [0, 0.05) is 19.3 Å². The largest absolute Gasteiger partial charge is 0.361 e. The van der Waals surface area contributed by atoms with Gasteiger partial charge in [-0.3, -0.25) is 9.78 Å². The molecule has 3 aromatic rings. The summed E-state index contributed by atoms with van der Waals surface area (Å²) in [5.41, 5.74) is 4.76. The molecular formula is C23H24FN3O2. The van der Waals surface area contributed by atoms with Gasteiger partial charge in [-0.15, -0.1) is 0 Å². The Morgan fingerprint density at radius 3 is 2.55 bits per heavy atom. The van der Waals surface area contributed by atoms with Crippen molar-refractivity contribution >= 4 is 5.91 Å². The average Bonchev–Trinajstić information content (AvgIpc) is 3.08.